The first-order chi connectivity index (χ1) is 16.9. The predicted molar refractivity (Wildman–Crippen MR) is 143 cm³/mol. The molecule has 0 saturated heterocycles. The molecule has 9 nitrogen and oxygen atoms in total. The summed E-state index contributed by atoms with van der Waals surface area (Å²) in [7, 11) is 0. The number of nitrogens with zero attached hydrogens (tertiary/aromatic N) is 2. The first kappa shape index (κ1) is 26.4. The van der Waals surface area contributed by atoms with Crippen LogP contribution in [0.25, 0.3) is 0 Å². The molecule has 11 N–H and O–H groups in total. The van der Waals surface area contributed by atoms with Crippen LogP contribution in [0.3, 0.4) is 0 Å². The molecule has 0 aromatic heterocycles. The number of rotatable bonds is 7. The van der Waals surface area contributed by atoms with E-state index in [4.69, 9.17) is 23.2 Å². The zero-order valence-electron chi connectivity index (χ0n) is 20.9. The van der Waals surface area contributed by atoms with Gasteiger partial charge in [0.2, 0.25) is 0 Å². The SMILES string of the molecule is Cc1cc(C)cc(C(O)(/C(N)=C/N(N)c2c(C)cccc2O)/C(N)=C/N(N)c2c(C)cccc2O)c1. The Morgan fingerprint density at radius 1 is 0.722 bits per heavy atom. The number of hydrazine groups is 2. The standard InChI is InChI=1S/C27H34N6O3/c1-16-11-17(2)13-20(12-16)27(36,23(28)14-32(30)25-18(3)7-5-9-21(25)34)24(29)15-33(31)26-19(4)8-6-10-22(26)35/h5-15,34-36H,28-31H2,1-4H3/b23-14-,24-15-. The lowest BCUT2D eigenvalue weighted by molar-refractivity contribution is 0.112. The molecular formula is C27H34N6O3. The fraction of sp³-hybridized carbons (Fsp3) is 0.185. The Balaban J connectivity index is 2.19. The highest BCUT2D eigenvalue weighted by Gasteiger charge is 2.37. The highest BCUT2D eigenvalue weighted by molar-refractivity contribution is 5.65. The van der Waals surface area contributed by atoms with E-state index in [1.54, 1.807) is 50.2 Å². The minimum absolute atomic E-state index is 0.0526. The van der Waals surface area contributed by atoms with Crippen LogP contribution < -0.4 is 33.2 Å². The van der Waals surface area contributed by atoms with Crippen molar-refractivity contribution < 1.29 is 15.3 Å². The Hall–Kier alpha value is -4.18. The summed E-state index contributed by atoms with van der Waals surface area (Å²) in [5, 5.41) is 35.0. The normalized spacial score (nSPS) is 12.5. The summed E-state index contributed by atoms with van der Waals surface area (Å²) in [6.45, 7) is 7.34. The fourth-order valence-corrected chi connectivity index (χ4v) is 4.26. The second-order valence-corrected chi connectivity index (χ2v) is 8.96. The third-order valence-electron chi connectivity index (χ3n) is 5.98. The smallest absolute Gasteiger partial charge is 0.171 e. The minimum atomic E-state index is -2.04. The van der Waals surface area contributed by atoms with E-state index in [0.717, 1.165) is 21.1 Å². The van der Waals surface area contributed by atoms with Crippen molar-refractivity contribution in [2.45, 2.75) is 33.3 Å². The second kappa shape index (κ2) is 10.2. The van der Waals surface area contributed by atoms with E-state index < -0.39 is 5.60 Å². The van der Waals surface area contributed by atoms with E-state index in [1.165, 1.54) is 24.5 Å². The summed E-state index contributed by atoms with van der Waals surface area (Å²) in [5.41, 5.74) is 14.9. The number of aryl methyl sites for hydroxylation is 4. The number of para-hydroxylation sites is 2. The van der Waals surface area contributed by atoms with Crippen LogP contribution in [0.5, 0.6) is 11.5 Å². The average Bonchev–Trinajstić information content (AvgIpc) is 2.77. The quantitative estimate of drug-likeness (QED) is 0.194. The molecular weight excluding hydrogens is 456 g/mol. The summed E-state index contributed by atoms with van der Waals surface area (Å²) in [6.07, 6.45) is 2.60. The Morgan fingerprint density at radius 2 is 1.11 bits per heavy atom. The highest BCUT2D eigenvalue weighted by atomic mass is 16.3. The first-order valence-corrected chi connectivity index (χ1v) is 11.3. The lowest BCUT2D eigenvalue weighted by Gasteiger charge is -2.33. The molecule has 0 saturated carbocycles. The summed E-state index contributed by atoms with van der Waals surface area (Å²) in [5.74, 6) is 12.4. The number of anilines is 2. The number of nitrogens with two attached hydrogens (primary N) is 4. The van der Waals surface area contributed by atoms with Crippen LogP contribution in [0.1, 0.15) is 27.8 Å². The molecule has 190 valence electrons. The number of hydrogen-bond donors (Lipinski definition) is 7. The van der Waals surface area contributed by atoms with Gasteiger partial charge in [0, 0.05) is 12.4 Å². The summed E-state index contributed by atoms with van der Waals surface area (Å²) < 4.78 is 0. The van der Waals surface area contributed by atoms with Crippen molar-refractivity contribution in [1.82, 2.24) is 0 Å². The van der Waals surface area contributed by atoms with Crippen LogP contribution in [0.2, 0.25) is 0 Å². The van der Waals surface area contributed by atoms with Crippen LogP contribution in [0, 0.1) is 27.7 Å². The van der Waals surface area contributed by atoms with Gasteiger partial charge in [-0.05, 0) is 56.5 Å². The van der Waals surface area contributed by atoms with E-state index in [2.05, 4.69) is 0 Å². The van der Waals surface area contributed by atoms with Crippen molar-refractivity contribution in [3.05, 3.63) is 106 Å². The third-order valence-corrected chi connectivity index (χ3v) is 5.98. The maximum atomic E-state index is 12.1. The molecule has 0 atom stereocenters. The zero-order valence-corrected chi connectivity index (χ0v) is 20.9. The third kappa shape index (κ3) is 5.08. The Kier molecular flexibility index (Phi) is 7.49. The maximum absolute atomic E-state index is 12.1. The Labute approximate surface area is 211 Å². The van der Waals surface area contributed by atoms with Gasteiger partial charge in [0.05, 0.1) is 11.4 Å². The maximum Gasteiger partial charge on any atom is 0.171 e. The molecule has 3 aromatic carbocycles. The fourth-order valence-electron chi connectivity index (χ4n) is 4.26. The van der Waals surface area contributed by atoms with E-state index in [9.17, 15) is 15.3 Å². The van der Waals surface area contributed by atoms with Gasteiger partial charge in [-0.1, -0.05) is 53.6 Å². The van der Waals surface area contributed by atoms with Crippen LogP contribution in [0.4, 0.5) is 11.4 Å². The lowest BCUT2D eigenvalue weighted by Crippen LogP contribution is -2.42. The number of benzene rings is 3. The molecule has 0 aliphatic rings. The van der Waals surface area contributed by atoms with E-state index in [0.29, 0.717) is 28.1 Å². The van der Waals surface area contributed by atoms with Gasteiger partial charge in [-0.3, -0.25) is 10.0 Å². The molecule has 36 heavy (non-hydrogen) atoms. The van der Waals surface area contributed by atoms with Crippen LogP contribution >= 0.6 is 0 Å². The van der Waals surface area contributed by atoms with Crippen LogP contribution in [0.15, 0.2) is 78.4 Å². The van der Waals surface area contributed by atoms with Crippen molar-refractivity contribution >= 4 is 11.4 Å². The second-order valence-electron chi connectivity index (χ2n) is 8.96. The molecule has 0 amide bonds. The molecule has 0 unspecified atom stereocenters. The molecule has 9 heteroatoms. The van der Waals surface area contributed by atoms with Crippen LogP contribution in [-0.2, 0) is 5.60 Å². The summed E-state index contributed by atoms with van der Waals surface area (Å²) in [4.78, 5) is 0. The number of aliphatic hydroxyl groups is 1. The van der Waals surface area contributed by atoms with Gasteiger partial charge < -0.3 is 26.8 Å². The van der Waals surface area contributed by atoms with E-state index in [-0.39, 0.29) is 22.9 Å². The number of aromatic hydroxyl groups is 2. The van der Waals surface area contributed by atoms with Crippen molar-refractivity contribution in [3.63, 3.8) is 0 Å². The van der Waals surface area contributed by atoms with Crippen molar-refractivity contribution in [2.24, 2.45) is 23.2 Å². The van der Waals surface area contributed by atoms with Gasteiger partial charge in [0.15, 0.2) is 5.60 Å². The van der Waals surface area contributed by atoms with Crippen molar-refractivity contribution in [2.75, 3.05) is 10.0 Å². The monoisotopic (exact) mass is 490 g/mol. The van der Waals surface area contributed by atoms with Gasteiger partial charge in [-0.15, -0.1) is 0 Å². The predicted octanol–water partition coefficient (Wildman–Crippen LogP) is 2.88. The molecule has 0 bridgehead atoms. The van der Waals surface area contributed by atoms with Crippen molar-refractivity contribution in [3.8, 4) is 11.5 Å². The van der Waals surface area contributed by atoms with Gasteiger partial charge in [-0.25, -0.2) is 11.7 Å². The number of phenols is 2. The van der Waals surface area contributed by atoms with Gasteiger partial charge in [-0.2, -0.15) is 0 Å². The molecule has 0 spiro atoms. The summed E-state index contributed by atoms with van der Waals surface area (Å²) >= 11 is 0. The lowest BCUT2D eigenvalue weighted by atomic mass is 9.86. The van der Waals surface area contributed by atoms with Crippen LogP contribution in [-0.4, -0.2) is 15.3 Å². The van der Waals surface area contributed by atoms with E-state index in [1.807, 2.05) is 19.9 Å². The van der Waals surface area contributed by atoms with E-state index >= 15 is 0 Å². The molecule has 3 rings (SSSR count). The van der Waals surface area contributed by atoms with Crippen molar-refractivity contribution in [1.29, 1.82) is 0 Å². The highest BCUT2D eigenvalue weighted by Crippen LogP contribution is 2.37. The zero-order chi connectivity index (χ0) is 26.8. The van der Waals surface area contributed by atoms with Gasteiger partial charge >= 0.3 is 0 Å². The molecule has 0 radical (unpaired) electrons. The molecule has 3 aromatic rings. The average molecular weight is 491 g/mol. The Bertz CT molecular complexity index is 1200. The molecule has 0 aliphatic carbocycles. The largest absolute Gasteiger partial charge is 0.506 e. The molecule has 0 heterocycles. The van der Waals surface area contributed by atoms with Gasteiger partial charge in [0.1, 0.15) is 22.9 Å². The minimum Gasteiger partial charge on any atom is -0.506 e. The first-order valence-electron chi connectivity index (χ1n) is 11.3. The molecule has 0 fully saturated rings. The molecule has 0 aliphatic heterocycles. The number of phenolic OH excluding ortho intramolecular Hbond substituents is 2. The number of hydrogen-bond acceptors (Lipinski definition) is 9. The summed E-state index contributed by atoms with van der Waals surface area (Å²) in [6, 6.07) is 15.4. The van der Waals surface area contributed by atoms with Gasteiger partial charge in [0.25, 0.3) is 0 Å². The topological polar surface area (TPSA) is 171 Å². The Morgan fingerprint density at radius 3 is 1.47 bits per heavy atom.